The highest BCUT2D eigenvalue weighted by atomic mass is 79.9. The van der Waals surface area contributed by atoms with Crippen LogP contribution in [0.1, 0.15) is 26.2 Å². The molecule has 1 aliphatic rings. The van der Waals surface area contributed by atoms with E-state index in [2.05, 4.69) is 36.5 Å². The van der Waals surface area contributed by atoms with Crippen LogP contribution in [0.5, 0.6) is 0 Å². The summed E-state index contributed by atoms with van der Waals surface area (Å²) < 4.78 is 6.47. The molecule has 0 radical (unpaired) electrons. The summed E-state index contributed by atoms with van der Waals surface area (Å²) in [5, 5.41) is 6.51. The van der Waals surface area contributed by atoms with Gasteiger partial charge in [0.2, 0.25) is 0 Å². The zero-order chi connectivity index (χ0) is 12.8. The maximum atomic E-state index is 5.59. The number of ether oxygens (including phenoxy) is 1. The summed E-state index contributed by atoms with van der Waals surface area (Å²) in [6, 6.07) is 0. The minimum absolute atomic E-state index is 0.409. The Morgan fingerprint density at radius 2 is 2.17 bits per heavy atom. The van der Waals surface area contributed by atoms with Gasteiger partial charge in [-0.15, -0.1) is 0 Å². The Labute approximate surface area is 116 Å². The van der Waals surface area contributed by atoms with Gasteiger partial charge < -0.3 is 15.4 Å². The summed E-state index contributed by atoms with van der Waals surface area (Å²) in [4.78, 5) is 8.42. The van der Waals surface area contributed by atoms with Crippen LogP contribution in [0, 0.1) is 0 Å². The van der Waals surface area contributed by atoms with E-state index in [1.165, 1.54) is 12.8 Å². The minimum Gasteiger partial charge on any atom is -0.378 e. The van der Waals surface area contributed by atoms with Crippen molar-refractivity contribution >= 4 is 27.6 Å². The molecule has 1 fully saturated rings. The Morgan fingerprint density at radius 1 is 1.39 bits per heavy atom. The van der Waals surface area contributed by atoms with E-state index in [4.69, 9.17) is 4.74 Å². The molecule has 1 unspecified atom stereocenters. The van der Waals surface area contributed by atoms with Crippen molar-refractivity contribution in [3.8, 4) is 0 Å². The predicted molar refractivity (Wildman–Crippen MR) is 76.0 cm³/mol. The Balaban J connectivity index is 1.86. The fourth-order valence-corrected chi connectivity index (χ4v) is 2.49. The average molecular weight is 315 g/mol. The quantitative estimate of drug-likeness (QED) is 0.845. The number of hydrogen-bond acceptors (Lipinski definition) is 5. The molecule has 1 aliphatic heterocycles. The van der Waals surface area contributed by atoms with E-state index in [1.807, 2.05) is 6.92 Å². The summed E-state index contributed by atoms with van der Waals surface area (Å²) in [5.74, 6) is 1.66. The highest BCUT2D eigenvalue weighted by Crippen LogP contribution is 2.26. The molecule has 100 valence electrons. The molecule has 0 aliphatic carbocycles. The molecule has 1 aromatic rings. The van der Waals surface area contributed by atoms with Crippen molar-refractivity contribution in [1.29, 1.82) is 0 Å². The molecule has 2 N–H and O–H groups in total. The highest BCUT2D eigenvalue weighted by molar-refractivity contribution is 9.10. The second-order valence-corrected chi connectivity index (χ2v) is 5.06. The third kappa shape index (κ3) is 3.55. The SMILES string of the molecule is CCNc1ncnc(NCCC2CCCO2)c1Br. The van der Waals surface area contributed by atoms with Gasteiger partial charge in [-0.3, -0.25) is 0 Å². The largest absolute Gasteiger partial charge is 0.378 e. The van der Waals surface area contributed by atoms with E-state index in [9.17, 15) is 0 Å². The van der Waals surface area contributed by atoms with Crippen molar-refractivity contribution in [3.63, 3.8) is 0 Å². The molecule has 1 aromatic heterocycles. The first-order valence-corrected chi connectivity index (χ1v) is 7.20. The van der Waals surface area contributed by atoms with Crippen molar-refractivity contribution in [3.05, 3.63) is 10.8 Å². The third-order valence-corrected chi connectivity index (χ3v) is 3.67. The maximum Gasteiger partial charge on any atom is 0.145 e. The van der Waals surface area contributed by atoms with Crippen molar-refractivity contribution < 1.29 is 4.74 Å². The molecule has 2 heterocycles. The fraction of sp³-hybridized carbons (Fsp3) is 0.667. The molecule has 0 aromatic carbocycles. The normalized spacial score (nSPS) is 18.9. The Hall–Kier alpha value is -0.880. The highest BCUT2D eigenvalue weighted by Gasteiger charge is 2.15. The van der Waals surface area contributed by atoms with Crippen LogP contribution in [0.25, 0.3) is 0 Å². The first-order valence-electron chi connectivity index (χ1n) is 6.41. The molecule has 6 heteroatoms. The zero-order valence-corrected chi connectivity index (χ0v) is 12.2. The van der Waals surface area contributed by atoms with Crippen LogP contribution >= 0.6 is 15.9 Å². The van der Waals surface area contributed by atoms with E-state index in [0.29, 0.717) is 6.10 Å². The topological polar surface area (TPSA) is 59.1 Å². The first kappa shape index (κ1) is 13.5. The second-order valence-electron chi connectivity index (χ2n) is 4.27. The van der Waals surface area contributed by atoms with Crippen molar-refractivity contribution in [1.82, 2.24) is 9.97 Å². The van der Waals surface area contributed by atoms with Crippen molar-refractivity contribution in [2.24, 2.45) is 0 Å². The molecular formula is C12H19BrN4O. The van der Waals surface area contributed by atoms with Crippen LogP contribution in [0.2, 0.25) is 0 Å². The minimum atomic E-state index is 0.409. The van der Waals surface area contributed by atoms with E-state index >= 15 is 0 Å². The van der Waals surface area contributed by atoms with Crippen molar-refractivity contribution in [2.45, 2.75) is 32.3 Å². The van der Waals surface area contributed by atoms with Crippen LogP contribution < -0.4 is 10.6 Å². The van der Waals surface area contributed by atoms with E-state index in [0.717, 1.165) is 42.2 Å². The zero-order valence-electron chi connectivity index (χ0n) is 10.6. The molecule has 2 rings (SSSR count). The molecule has 18 heavy (non-hydrogen) atoms. The number of aromatic nitrogens is 2. The van der Waals surface area contributed by atoms with Gasteiger partial charge in [0.1, 0.15) is 22.4 Å². The number of nitrogens with zero attached hydrogens (tertiary/aromatic N) is 2. The lowest BCUT2D eigenvalue weighted by molar-refractivity contribution is 0.107. The van der Waals surface area contributed by atoms with E-state index in [1.54, 1.807) is 6.33 Å². The lowest BCUT2D eigenvalue weighted by Crippen LogP contribution is -2.14. The Bertz CT molecular complexity index is 382. The number of hydrogen-bond donors (Lipinski definition) is 2. The van der Waals surface area contributed by atoms with Gasteiger partial charge >= 0.3 is 0 Å². The Morgan fingerprint density at radius 3 is 2.83 bits per heavy atom. The number of nitrogens with one attached hydrogen (secondary N) is 2. The van der Waals surface area contributed by atoms with Gasteiger partial charge in [0.15, 0.2) is 0 Å². The summed E-state index contributed by atoms with van der Waals surface area (Å²) in [6.07, 6.45) is 5.36. The number of anilines is 2. The monoisotopic (exact) mass is 314 g/mol. The maximum absolute atomic E-state index is 5.59. The smallest absolute Gasteiger partial charge is 0.145 e. The van der Waals surface area contributed by atoms with Gasteiger partial charge in [-0.1, -0.05) is 0 Å². The molecule has 1 saturated heterocycles. The van der Waals surface area contributed by atoms with Gasteiger partial charge in [-0.2, -0.15) is 0 Å². The van der Waals surface area contributed by atoms with Gasteiger partial charge in [0.25, 0.3) is 0 Å². The van der Waals surface area contributed by atoms with Gasteiger partial charge in [0, 0.05) is 19.7 Å². The van der Waals surface area contributed by atoms with Gasteiger partial charge in [-0.25, -0.2) is 9.97 Å². The van der Waals surface area contributed by atoms with Crippen molar-refractivity contribution in [2.75, 3.05) is 30.3 Å². The van der Waals surface area contributed by atoms with Crippen LogP contribution in [-0.4, -0.2) is 35.8 Å². The predicted octanol–water partition coefficient (Wildman–Crippen LogP) is 2.65. The summed E-state index contributed by atoms with van der Waals surface area (Å²) >= 11 is 3.51. The fourth-order valence-electron chi connectivity index (χ4n) is 2.01. The molecular weight excluding hydrogens is 296 g/mol. The Kier molecular flexibility index (Phi) is 5.19. The van der Waals surface area contributed by atoms with Crippen LogP contribution in [0.3, 0.4) is 0 Å². The summed E-state index contributed by atoms with van der Waals surface area (Å²) in [6.45, 7) is 4.66. The van der Waals surface area contributed by atoms with Crippen LogP contribution in [0.15, 0.2) is 10.8 Å². The summed E-state index contributed by atoms with van der Waals surface area (Å²) in [7, 11) is 0. The molecule has 0 amide bonds. The molecule has 0 spiro atoms. The van der Waals surface area contributed by atoms with E-state index < -0.39 is 0 Å². The average Bonchev–Trinajstić information content (AvgIpc) is 2.87. The summed E-state index contributed by atoms with van der Waals surface area (Å²) in [5.41, 5.74) is 0. The lowest BCUT2D eigenvalue weighted by Gasteiger charge is -2.12. The first-order chi connectivity index (χ1) is 8.81. The molecule has 5 nitrogen and oxygen atoms in total. The molecule has 0 bridgehead atoms. The van der Waals surface area contributed by atoms with Gasteiger partial charge in [-0.05, 0) is 42.1 Å². The molecule has 0 saturated carbocycles. The van der Waals surface area contributed by atoms with Crippen LogP contribution in [-0.2, 0) is 4.74 Å². The number of halogens is 1. The van der Waals surface area contributed by atoms with Crippen LogP contribution in [0.4, 0.5) is 11.6 Å². The van der Waals surface area contributed by atoms with E-state index in [-0.39, 0.29) is 0 Å². The second kappa shape index (κ2) is 6.89. The van der Waals surface area contributed by atoms with Gasteiger partial charge in [0.05, 0.1) is 6.10 Å². The standard InChI is InChI=1S/C12H19BrN4O/c1-2-14-11-10(13)12(17-8-16-11)15-6-5-9-4-3-7-18-9/h8-9H,2-7H2,1H3,(H2,14,15,16,17). The molecule has 1 atom stereocenters. The lowest BCUT2D eigenvalue weighted by atomic mass is 10.2. The number of rotatable bonds is 6. The third-order valence-electron chi connectivity index (χ3n) is 2.92.